The second kappa shape index (κ2) is 5.09. The SMILES string of the molecule is NC(CN1CCC[C@H](C(F)F)C1)=NO. The van der Waals surface area contributed by atoms with Crippen LogP contribution in [0.25, 0.3) is 0 Å². The topological polar surface area (TPSA) is 61.8 Å². The molecule has 0 saturated carbocycles. The standard InChI is InChI=1S/C8H15F2N3O/c9-8(10)6-2-1-3-13(4-6)5-7(11)12-14/h6,8,14H,1-5H2,(H2,11,12)/t6-/m0/s1. The van der Waals surface area contributed by atoms with Crippen molar-refractivity contribution in [3.63, 3.8) is 0 Å². The van der Waals surface area contributed by atoms with Crippen LogP contribution in [-0.4, -0.2) is 42.0 Å². The van der Waals surface area contributed by atoms with Gasteiger partial charge in [-0.25, -0.2) is 8.78 Å². The average Bonchev–Trinajstić information content (AvgIpc) is 2.18. The van der Waals surface area contributed by atoms with E-state index in [-0.39, 0.29) is 12.4 Å². The monoisotopic (exact) mass is 207 g/mol. The Balaban J connectivity index is 2.40. The Hall–Kier alpha value is -0.910. The highest BCUT2D eigenvalue weighted by molar-refractivity contribution is 5.81. The second-order valence-corrected chi connectivity index (χ2v) is 3.56. The summed E-state index contributed by atoms with van der Waals surface area (Å²) < 4.78 is 24.8. The second-order valence-electron chi connectivity index (χ2n) is 3.56. The van der Waals surface area contributed by atoms with E-state index in [2.05, 4.69) is 5.16 Å². The maximum Gasteiger partial charge on any atom is 0.242 e. The number of nitrogens with zero attached hydrogens (tertiary/aromatic N) is 2. The summed E-state index contributed by atoms with van der Waals surface area (Å²) >= 11 is 0. The van der Waals surface area contributed by atoms with Gasteiger partial charge in [-0.05, 0) is 19.4 Å². The van der Waals surface area contributed by atoms with Gasteiger partial charge in [0.1, 0.15) is 0 Å². The van der Waals surface area contributed by atoms with Gasteiger partial charge in [0, 0.05) is 12.5 Å². The Labute approximate surface area is 81.4 Å². The van der Waals surface area contributed by atoms with E-state index in [1.165, 1.54) is 0 Å². The van der Waals surface area contributed by atoms with Gasteiger partial charge >= 0.3 is 0 Å². The van der Waals surface area contributed by atoms with E-state index in [0.717, 1.165) is 13.0 Å². The van der Waals surface area contributed by atoms with Gasteiger partial charge in [0.25, 0.3) is 0 Å². The molecular weight excluding hydrogens is 192 g/mol. The number of halogens is 2. The summed E-state index contributed by atoms with van der Waals surface area (Å²) in [5.74, 6) is -0.504. The van der Waals surface area contributed by atoms with E-state index in [4.69, 9.17) is 10.9 Å². The first-order valence-electron chi connectivity index (χ1n) is 4.60. The van der Waals surface area contributed by atoms with E-state index in [0.29, 0.717) is 13.0 Å². The highest BCUT2D eigenvalue weighted by Crippen LogP contribution is 2.22. The van der Waals surface area contributed by atoms with Crippen LogP contribution < -0.4 is 5.73 Å². The molecule has 0 spiro atoms. The van der Waals surface area contributed by atoms with Gasteiger partial charge in [0.2, 0.25) is 6.43 Å². The summed E-state index contributed by atoms with van der Waals surface area (Å²) in [4.78, 5) is 1.79. The number of likely N-dealkylation sites (tertiary alicyclic amines) is 1. The minimum absolute atomic E-state index is 0.0694. The molecule has 1 saturated heterocycles. The van der Waals surface area contributed by atoms with Crippen molar-refractivity contribution in [2.45, 2.75) is 19.3 Å². The third-order valence-corrected chi connectivity index (χ3v) is 2.41. The molecule has 0 amide bonds. The molecule has 0 bridgehead atoms. The van der Waals surface area contributed by atoms with Gasteiger partial charge in [-0.2, -0.15) is 0 Å². The summed E-state index contributed by atoms with van der Waals surface area (Å²) in [5, 5.41) is 11.1. The van der Waals surface area contributed by atoms with Crippen molar-refractivity contribution in [3.8, 4) is 0 Å². The largest absolute Gasteiger partial charge is 0.409 e. The van der Waals surface area contributed by atoms with Crippen molar-refractivity contribution < 1.29 is 14.0 Å². The lowest BCUT2D eigenvalue weighted by Gasteiger charge is -2.31. The molecule has 0 aromatic carbocycles. The van der Waals surface area contributed by atoms with Gasteiger partial charge in [0.05, 0.1) is 6.54 Å². The summed E-state index contributed by atoms with van der Waals surface area (Å²) in [5.41, 5.74) is 5.30. The molecule has 0 aromatic rings. The van der Waals surface area contributed by atoms with Crippen LogP contribution in [-0.2, 0) is 0 Å². The van der Waals surface area contributed by atoms with E-state index >= 15 is 0 Å². The van der Waals surface area contributed by atoms with Crippen LogP contribution >= 0.6 is 0 Å². The first-order chi connectivity index (χ1) is 6.63. The molecule has 1 heterocycles. The lowest BCUT2D eigenvalue weighted by atomic mass is 9.99. The van der Waals surface area contributed by atoms with Crippen LogP contribution in [0.1, 0.15) is 12.8 Å². The average molecular weight is 207 g/mol. The van der Waals surface area contributed by atoms with Crippen LogP contribution in [0.3, 0.4) is 0 Å². The molecule has 1 atom stereocenters. The molecule has 1 rings (SSSR count). The van der Waals surface area contributed by atoms with Crippen LogP contribution in [0.4, 0.5) is 8.78 Å². The van der Waals surface area contributed by atoms with E-state index in [9.17, 15) is 8.78 Å². The highest BCUT2D eigenvalue weighted by Gasteiger charge is 2.27. The molecule has 0 unspecified atom stereocenters. The van der Waals surface area contributed by atoms with Gasteiger partial charge in [-0.1, -0.05) is 5.16 Å². The zero-order valence-electron chi connectivity index (χ0n) is 7.87. The van der Waals surface area contributed by atoms with Crippen LogP contribution in [0.15, 0.2) is 5.16 Å². The third kappa shape index (κ3) is 3.10. The molecule has 1 fully saturated rings. The molecule has 3 N–H and O–H groups in total. The zero-order valence-corrected chi connectivity index (χ0v) is 7.87. The first-order valence-corrected chi connectivity index (χ1v) is 4.60. The van der Waals surface area contributed by atoms with E-state index in [1.54, 1.807) is 4.90 Å². The lowest BCUT2D eigenvalue weighted by Crippen LogP contribution is -2.42. The molecule has 0 aliphatic carbocycles. The fourth-order valence-corrected chi connectivity index (χ4v) is 1.70. The molecule has 0 radical (unpaired) electrons. The predicted molar refractivity (Wildman–Crippen MR) is 48.6 cm³/mol. The van der Waals surface area contributed by atoms with Crippen molar-refractivity contribution >= 4 is 5.84 Å². The van der Waals surface area contributed by atoms with Crippen LogP contribution in [0.5, 0.6) is 0 Å². The number of hydrogen-bond acceptors (Lipinski definition) is 3. The number of rotatable bonds is 3. The van der Waals surface area contributed by atoms with Crippen molar-refractivity contribution in [2.75, 3.05) is 19.6 Å². The van der Waals surface area contributed by atoms with Gasteiger partial charge in [-0.15, -0.1) is 0 Å². The molecule has 4 nitrogen and oxygen atoms in total. The number of amidine groups is 1. The van der Waals surface area contributed by atoms with Crippen molar-refractivity contribution in [1.29, 1.82) is 0 Å². The number of alkyl halides is 2. The van der Waals surface area contributed by atoms with Crippen molar-refractivity contribution in [1.82, 2.24) is 4.90 Å². The van der Waals surface area contributed by atoms with Gasteiger partial charge < -0.3 is 10.9 Å². The Morgan fingerprint density at radius 2 is 2.36 bits per heavy atom. The molecule has 82 valence electrons. The van der Waals surface area contributed by atoms with E-state index < -0.39 is 12.3 Å². The van der Waals surface area contributed by atoms with Gasteiger partial charge in [0.15, 0.2) is 5.84 Å². The maximum absolute atomic E-state index is 12.4. The number of oxime groups is 1. The molecule has 1 aliphatic heterocycles. The van der Waals surface area contributed by atoms with Crippen molar-refractivity contribution in [3.05, 3.63) is 0 Å². The van der Waals surface area contributed by atoms with Crippen LogP contribution in [0.2, 0.25) is 0 Å². The predicted octanol–water partition coefficient (Wildman–Crippen LogP) is 0.710. The number of nitrogens with two attached hydrogens (primary N) is 1. The maximum atomic E-state index is 12.4. The minimum atomic E-state index is -2.27. The Morgan fingerprint density at radius 3 is 2.93 bits per heavy atom. The molecule has 6 heteroatoms. The molecule has 0 aromatic heterocycles. The molecule has 14 heavy (non-hydrogen) atoms. The summed E-state index contributed by atoms with van der Waals surface area (Å²) in [6, 6.07) is 0. The third-order valence-electron chi connectivity index (χ3n) is 2.41. The molecule has 1 aliphatic rings. The Morgan fingerprint density at radius 1 is 1.64 bits per heavy atom. The Kier molecular flexibility index (Phi) is 4.06. The number of piperidine rings is 1. The van der Waals surface area contributed by atoms with E-state index in [1.807, 2.05) is 0 Å². The highest BCUT2D eigenvalue weighted by atomic mass is 19.3. The summed E-state index contributed by atoms with van der Waals surface area (Å²) in [6.07, 6.45) is -0.969. The fourth-order valence-electron chi connectivity index (χ4n) is 1.70. The normalized spacial score (nSPS) is 25.6. The minimum Gasteiger partial charge on any atom is -0.409 e. The smallest absolute Gasteiger partial charge is 0.242 e. The quantitative estimate of drug-likeness (QED) is 0.310. The Bertz CT molecular complexity index is 211. The molecular formula is C8H15F2N3O. The van der Waals surface area contributed by atoms with Gasteiger partial charge in [-0.3, -0.25) is 4.90 Å². The number of hydrogen-bond donors (Lipinski definition) is 2. The summed E-state index contributed by atoms with van der Waals surface area (Å²) in [6.45, 7) is 1.33. The lowest BCUT2D eigenvalue weighted by molar-refractivity contribution is 0.0318. The summed E-state index contributed by atoms with van der Waals surface area (Å²) in [7, 11) is 0. The van der Waals surface area contributed by atoms with Crippen molar-refractivity contribution in [2.24, 2.45) is 16.8 Å². The van der Waals surface area contributed by atoms with Crippen LogP contribution in [0, 0.1) is 5.92 Å². The first kappa shape index (κ1) is 11.2. The fraction of sp³-hybridized carbons (Fsp3) is 0.875. The zero-order chi connectivity index (χ0) is 10.6.